The summed E-state index contributed by atoms with van der Waals surface area (Å²) in [6.07, 6.45) is 2.67. The molecule has 1 atom stereocenters. The molecule has 2 aromatic rings. The zero-order valence-electron chi connectivity index (χ0n) is 15.1. The van der Waals surface area contributed by atoms with E-state index in [-0.39, 0.29) is 23.3 Å². The number of allylic oxidation sites excluding steroid dienone is 1. The van der Waals surface area contributed by atoms with E-state index in [1.807, 2.05) is 37.3 Å². The van der Waals surface area contributed by atoms with Crippen LogP contribution in [0, 0.1) is 12.8 Å². The Morgan fingerprint density at radius 3 is 2.44 bits per heavy atom. The standard InChI is InChI=1S/C21H21NO3S2/c1-15-10-12-18(13-11-15)27(24,25)22-14-16-6-5-9-19(20(16)21(22)23)26-17-7-3-2-4-8-17/h2-4,7-8,10-13,16H,5-6,9,14H2,1H3. The van der Waals surface area contributed by atoms with Crippen LogP contribution in [0.4, 0.5) is 0 Å². The van der Waals surface area contributed by atoms with Crippen molar-refractivity contribution in [2.24, 2.45) is 5.92 Å². The lowest BCUT2D eigenvalue weighted by Crippen LogP contribution is -2.32. The summed E-state index contributed by atoms with van der Waals surface area (Å²) in [7, 11) is -3.82. The van der Waals surface area contributed by atoms with Crippen LogP contribution in [0.15, 0.2) is 74.9 Å². The molecule has 0 saturated carbocycles. The second kappa shape index (κ2) is 7.17. The molecule has 27 heavy (non-hydrogen) atoms. The predicted molar refractivity (Wildman–Crippen MR) is 107 cm³/mol. The third-order valence-electron chi connectivity index (χ3n) is 5.10. The smallest absolute Gasteiger partial charge is 0.266 e. The van der Waals surface area contributed by atoms with Crippen molar-refractivity contribution in [1.82, 2.24) is 4.31 Å². The molecule has 1 heterocycles. The summed E-state index contributed by atoms with van der Waals surface area (Å²) in [6, 6.07) is 16.6. The van der Waals surface area contributed by atoms with E-state index in [1.54, 1.807) is 36.0 Å². The fourth-order valence-electron chi connectivity index (χ4n) is 3.69. The van der Waals surface area contributed by atoms with E-state index in [4.69, 9.17) is 0 Å². The van der Waals surface area contributed by atoms with Crippen LogP contribution in [0.1, 0.15) is 24.8 Å². The predicted octanol–water partition coefficient (Wildman–Crippen LogP) is 4.37. The topological polar surface area (TPSA) is 54.5 Å². The number of sulfonamides is 1. The molecular weight excluding hydrogens is 378 g/mol. The van der Waals surface area contributed by atoms with Crippen molar-refractivity contribution in [1.29, 1.82) is 0 Å². The molecule has 2 aliphatic rings. The Bertz CT molecular complexity index is 995. The van der Waals surface area contributed by atoms with Gasteiger partial charge in [0.25, 0.3) is 15.9 Å². The van der Waals surface area contributed by atoms with Crippen LogP contribution in [0.3, 0.4) is 0 Å². The number of benzene rings is 2. The third-order valence-corrected chi connectivity index (χ3v) is 8.04. The minimum atomic E-state index is -3.82. The van der Waals surface area contributed by atoms with Crippen LogP contribution in [-0.4, -0.2) is 25.2 Å². The first-order valence-corrected chi connectivity index (χ1v) is 11.3. The van der Waals surface area contributed by atoms with E-state index in [0.717, 1.165) is 38.9 Å². The number of thioether (sulfide) groups is 1. The fourth-order valence-corrected chi connectivity index (χ4v) is 6.31. The summed E-state index contributed by atoms with van der Waals surface area (Å²) in [5.74, 6) is -0.351. The number of fused-ring (bicyclic) bond motifs is 1. The number of aryl methyl sites for hydroxylation is 1. The minimum absolute atomic E-state index is 0.00214. The maximum Gasteiger partial charge on any atom is 0.266 e. The molecule has 4 nitrogen and oxygen atoms in total. The number of carbonyl (C=O) groups is 1. The molecule has 1 aliphatic heterocycles. The summed E-state index contributed by atoms with van der Waals surface area (Å²) >= 11 is 1.59. The first-order chi connectivity index (χ1) is 13.0. The second-order valence-corrected chi connectivity index (χ2v) is 10.0. The van der Waals surface area contributed by atoms with Crippen LogP contribution in [-0.2, 0) is 14.8 Å². The van der Waals surface area contributed by atoms with E-state index in [9.17, 15) is 13.2 Å². The second-order valence-electron chi connectivity index (χ2n) is 7.00. The molecule has 0 spiro atoms. The highest BCUT2D eigenvalue weighted by molar-refractivity contribution is 8.03. The van der Waals surface area contributed by atoms with Gasteiger partial charge in [-0.05, 0) is 55.4 Å². The zero-order chi connectivity index (χ0) is 19.0. The summed E-state index contributed by atoms with van der Waals surface area (Å²) in [6.45, 7) is 2.16. The van der Waals surface area contributed by atoms with E-state index < -0.39 is 10.0 Å². The van der Waals surface area contributed by atoms with Gasteiger partial charge >= 0.3 is 0 Å². The highest BCUT2D eigenvalue weighted by Crippen LogP contribution is 2.44. The van der Waals surface area contributed by atoms with Crippen molar-refractivity contribution < 1.29 is 13.2 Å². The normalized spacial score (nSPS) is 20.1. The van der Waals surface area contributed by atoms with Gasteiger partial charge in [-0.1, -0.05) is 47.7 Å². The Morgan fingerprint density at radius 1 is 1.04 bits per heavy atom. The highest BCUT2D eigenvalue weighted by atomic mass is 32.2. The maximum atomic E-state index is 13.1. The molecule has 1 unspecified atom stereocenters. The van der Waals surface area contributed by atoms with E-state index in [0.29, 0.717) is 5.57 Å². The number of rotatable bonds is 4. The van der Waals surface area contributed by atoms with Gasteiger partial charge in [0.15, 0.2) is 0 Å². The van der Waals surface area contributed by atoms with Crippen molar-refractivity contribution in [3.63, 3.8) is 0 Å². The number of nitrogens with zero attached hydrogens (tertiary/aromatic N) is 1. The molecule has 1 fully saturated rings. The number of hydrogen-bond acceptors (Lipinski definition) is 4. The zero-order valence-corrected chi connectivity index (χ0v) is 16.7. The van der Waals surface area contributed by atoms with Crippen molar-refractivity contribution in [3.05, 3.63) is 70.6 Å². The van der Waals surface area contributed by atoms with Gasteiger partial charge in [-0.15, -0.1) is 0 Å². The van der Waals surface area contributed by atoms with Crippen LogP contribution < -0.4 is 0 Å². The molecule has 0 radical (unpaired) electrons. The number of carbonyl (C=O) groups excluding carboxylic acids is 1. The van der Waals surface area contributed by atoms with Crippen molar-refractivity contribution in [3.8, 4) is 0 Å². The van der Waals surface area contributed by atoms with Crippen LogP contribution in [0.25, 0.3) is 0 Å². The molecule has 0 bridgehead atoms. The average molecular weight is 400 g/mol. The lowest BCUT2D eigenvalue weighted by atomic mass is 9.90. The van der Waals surface area contributed by atoms with Crippen LogP contribution in [0.2, 0.25) is 0 Å². The molecule has 1 amide bonds. The molecule has 1 saturated heterocycles. The molecule has 140 valence electrons. The Hall–Kier alpha value is -2.05. The van der Waals surface area contributed by atoms with E-state index in [1.165, 1.54) is 0 Å². The molecule has 1 aliphatic carbocycles. The maximum absolute atomic E-state index is 13.1. The molecular formula is C21H21NO3S2. The number of amides is 1. The van der Waals surface area contributed by atoms with Gasteiger partial charge in [-0.3, -0.25) is 4.79 Å². The Morgan fingerprint density at radius 2 is 1.74 bits per heavy atom. The van der Waals surface area contributed by atoms with Crippen molar-refractivity contribution in [2.45, 2.75) is 36.0 Å². The molecule has 2 aromatic carbocycles. The quantitative estimate of drug-likeness (QED) is 0.766. The summed E-state index contributed by atoms with van der Waals surface area (Å²) in [5, 5.41) is 0. The molecule has 4 rings (SSSR count). The molecule has 6 heteroatoms. The fraction of sp³-hybridized carbons (Fsp3) is 0.286. The Balaban J connectivity index is 1.68. The third kappa shape index (κ3) is 3.44. The Kier molecular flexibility index (Phi) is 4.86. The number of hydrogen-bond donors (Lipinski definition) is 0. The molecule has 0 N–H and O–H groups in total. The van der Waals surface area contributed by atoms with E-state index in [2.05, 4.69) is 0 Å². The van der Waals surface area contributed by atoms with Gasteiger partial charge < -0.3 is 0 Å². The first-order valence-electron chi connectivity index (χ1n) is 9.06. The summed E-state index contributed by atoms with van der Waals surface area (Å²) < 4.78 is 27.2. The van der Waals surface area contributed by atoms with Gasteiger partial charge in [0.2, 0.25) is 0 Å². The lowest BCUT2D eigenvalue weighted by molar-refractivity contribution is -0.120. The summed E-state index contributed by atoms with van der Waals surface area (Å²) in [5.41, 5.74) is 1.69. The van der Waals surface area contributed by atoms with Gasteiger partial charge in [-0.2, -0.15) is 0 Å². The van der Waals surface area contributed by atoms with E-state index >= 15 is 0 Å². The SMILES string of the molecule is Cc1ccc(S(=O)(=O)N2CC3CCCC(Sc4ccccc4)=C3C2=O)cc1. The minimum Gasteiger partial charge on any atom is -0.268 e. The Labute approximate surface area is 164 Å². The monoisotopic (exact) mass is 399 g/mol. The molecule has 0 aromatic heterocycles. The largest absolute Gasteiger partial charge is 0.268 e. The first kappa shape index (κ1) is 18.3. The van der Waals surface area contributed by atoms with Crippen molar-refractivity contribution in [2.75, 3.05) is 6.54 Å². The van der Waals surface area contributed by atoms with Crippen LogP contribution >= 0.6 is 11.8 Å². The van der Waals surface area contributed by atoms with Crippen LogP contribution in [0.5, 0.6) is 0 Å². The van der Waals surface area contributed by atoms with Gasteiger partial charge in [-0.25, -0.2) is 12.7 Å². The van der Waals surface area contributed by atoms with Crippen molar-refractivity contribution >= 4 is 27.7 Å². The van der Waals surface area contributed by atoms with Gasteiger partial charge in [0, 0.05) is 22.9 Å². The van der Waals surface area contributed by atoms with Gasteiger partial charge in [0.1, 0.15) is 0 Å². The summed E-state index contributed by atoms with van der Waals surface area (Å²) in [4.78, 5) is 15.4. The van der Waals surface area contributed by atoms with Gasteiger partial charge in [0.05, 0.1) is 4.90 Å². The highest BCUT2D eigenvalue weighted by Gasteiger charge is 2.44. The lowest BCUT2D eigenvalue weighted by Gasteiger charge is -2.20. The average Bonchev–Trinajstić information content (AvgIpc) is 3.01.